The Balaban J connectivity index is 0.00000264. The molecule has 0 aliphatic rings. The zero-order valence-electron chi connectivity index (χ0n) is 14.3. The molecule has 0 saturated heterocycles. The van der Waals surface area contributed by atoms with Crippen LogP contribution in [-0.4, -0.2) is 13.2 Å². The van der Waals surface area contributed by atoms with Crippen LogP contribution < -0.4 is 14.8 Å². The number of rotatable bonds is 7. The van der Waals surface area contributed by atoms with Crippen molar-refractivity contribution in [1.82, 2.24) is 5.32 Å². The predicted molar refractivity (Wildman–Crippen MR) is 97.7 cm³/mol. The van der Waals surface area contributed by atoms with Gasteiger partial charge in [-0.15, -0.1) is 12.4 Å². The van der Waals surface area contributed by atoms with Crippen LogP contribution in [0.2, 0.25) is 0 Å². The SMILES string of the molecule is COc1cc(CNC(C)C)ccc1OCc1ccc(C)cc1.Cl. The van der Waals surface area contributed by atoms with Gasteiger partial charge in [0.2, 0.25) is 0 Å². The molecule has 0 aromatic heterocycles. The molecule has 0 amide bonds. The van der Waals surface area contributed by atoms with E-state index >= 15 is 0 Å². The van der Waals surface area contributed by atoms with Crippen LogP contribution in [-0.2, 0) is 13.2 Å². The number of halogens is 1. The smallest absolute Gasteiger partial charge is 0.161 e. The topological polar surface area (TPSA) is 30.5 Å². The van der Waals surface area contributed by atoms with E-state index in [0.717, 1.165) is 23.6 Å². The zero-order valence-corrected chi connectivity index (χ0v) is 15.1. The van der Waals surface area contributed by atoms with Crippen molar-refractivity contribution in [3.8, 4) is 11.5 Å². The van der Waals surface area contributed by atoms with E-state index in [2.05, 4.69) is 56.4 Å². The number of hydrogen-bond acceptors (Lipinski definition) is 3. The minimum absolute atomic E-state index is 0. The van der Waals surface area contributed by atoms with Gasteiger partial charge >= 0.3 is 0 Å². The number of methoxy groups -OCH3 is 1. The first-order valence-electron chi connectivity index (χ1n) is 7.67. The number of benzene rings is 2. The van der Waals surface area contributed by atoms with Crippen molar-refractivity contribution >= 4 is 12.4 Å². The van der Waals surface area contributed by atoms with Crippen LogP contribution in [0.1, 0.15) is 30.5 Å². The molecule has 23 heavy (non-hydrogen) atoms. The molecule has 0 spiro atoms. The Labute approximate surface area is 145 Å². The van der Waals surface area contributed by atoms with Gasteiger partial charge in [-0.3, -0.25) is 0 Å². The lowest BCUT2D eigenvalue weighted by Gasteiger charge is -2.13. The molecule has 0 saturated carbocycles. The van der Waals surface area contributed by atoms with Crippen LogP contribution in [0.25, 0.3) is 0 Å². The van der Waals surface area contributed by atoms with Crippen LogP contribution in [0.4, 0.5) is 0 Å². The van der Waals surface area contributed by atoms with Gasteiger partial charge in [-0.05, 0) is 30.2 Å². The molecule has 0 aliphatic carbocycles. The number of aryl methyl sites for hydroxylation is 1. The minimum Gasteiger partial charge on any atom is -0.493 e. The van der Waals surface area contributed by atoms with Crippen LogP contribution in [0, 0.1) is 6.92 Å². The Morgan fingerprint density at radius 3 is 2.22 bits per heavy atom. The first-order chi connectivity index (χ1) is 10.6. The van der Waals surface area contributed by atoms with Crippen molar-refractivity contribution in [2.75, 3.05) is 7.11 Å². The van der Waals surface area contributed by atoms with Crippen LogP contribution >= 0.6 is 12.4 Å². The molecular weight excluding hydrogens is 310 g/mol. The molecule has 0 fully saturated rings. The van der Waals surface area contributed by atoms with E-state index in [4.69, 9.17) is 9.47 Å². The lowest BCUT2D eigenvalue weighted by atomic mass is 10.1. The maximum atomic E-state index is 5.89. The van der Waals surface area contributed by atoms with Gasteiger partial charge in [0.05, 0.1) is 7.11 Å². The third-order valence-electron chi connectivity index (χ3n) is 3.46. The molecule has 3 nitrogen and oxygen atoms in total. The van der Waals surface area contributed by atoms with Gasteiger partial charge in [-0.2, -0.15) is 0 Å². The van der Waals surface area contributed by atoms with Gasteiger partial charge in [0.15, 0.2) is 11.5 Å². The summed E-state index contributed by atoms with van der Waals surface area (Å²) in [6.07, 6.45) is 0. The van der Waals surface area contributed by atoms with Crippen molar-refractivity contribution in [3.63, 3.8) is 0 Å². The zero-order chi connectivity index (χ0) is 15.9. The highest BCUT2D eigenvalue weighted by molar-refractivity contribution is 5.85. The summed E-state index contributed by atoms with van der Waals surface area (Å²) >= 11 is 0. The molecule has 0 unspecified atom stereocenters. The van der Waals surface area contributed by atoms with E-state index in [1.807, 2.05) is 12.1 Å². The summed E-state index contributed by atoms with van der Waals surface area (Å²) in [5, 5.41) is 3.40. The summed E-state index contributed by atoms with van der Waals surface area (Å²) in [6.45, 7) is 7.72. The molecule has 1 N–H and O–H groups in total. The molecule has 0 atom stereocenters. The second kappa shape index (κ2) is 9.43. The van der Waals surface area contributed by atoms with Crippen molar-refractivity contribution in [3.05, 3.63) is 59.2 Å². The lowest BCUT2D eigenvalue weighted by molar-refractivity contribution is 0.284. The van der Waals surface area contributed by atoms with Crippen molar-refractivity contribution < 1.29 is 9.47 Å². The highest BCUT2D eigenvalue weighted by Crippen LogP contribution is 2.28. The van der Waals surface area contributed by atoms with E-state index in [-0.39, 0.29) is 12.4 Å². The van der Waals surface area contributed by atoms with E-state index in [1.54, 1.807) is 7.11 Å². The molecule has 2 rings (SSSR count). The molecule has 2 aromatic rings. The van der Waals surface area contributed by atoms with Gasteiger partial charge < -0.3 is 14.8 Å². The molecule has 4 heteroatoms. The summed E-state index contributed by atoms with van der Waals surface area (Å²) < 4.78 is 11.3. The van der Waals surface area contributed by atoms with E-state index in [1.165, 1.54) is 11.1 Å². The molecule has 0 aliphatic heterocycles. The molecule has 0 heterocycles. The fourth-order valence-electron chi connectivity index (χ4n) is 2.11. The second-order valence-corrected chi connectivity index (χ2v) is 5.80. The summed E-state index contributed by atoms with van der Waals surface area (Å²) in [6, 6.07) is 14.9. The van der Waals surface area contributed by atoms with E-state index in [9.17, 15) is 0 Å². The first kappa shape index (κ1) is 19.3. The Kier molecular flexibility index (Phi) is 7.93. The maximum absolute atomic E-state index is 5.89. The summed E-state index contributed by atoms with van der Waals surface area (Å²) in [5.41, 5.74) is 3.59. The number of ether oxygens (including phenoxy) is 2. The third kappa shape index (κ3) is 6.12. The molecule has 0 bridgehead atoms. The van der Waals surface area contributed by atoms with Gasteiger partial charge in [-0.1, -0.05) is 49.7 Å². The fourth-order valence-corrected chi connectivity index (χ4v) is 2.11. The largest absolute Gasteiger partial charge is 0.493 e. The van der Waals surface area contributed by atoms with Gasteiger partial charge in [0.1, 0.15) is 6.61 Å². The molecule has 2 aromatic carbocycles. The minimum atomic E-state index is 0. The monoisotopic (exact) mass is 335 g/mol. The first-order valence-corrected chi connectivity index (χ1v) is 7.67. The average Bonchev–Trinajstić information content (AvgIpc) is 2.52. The summed E-state index contributed by atoms with van der Waals surface area (Å²) in [4.78, 5) is 0. The Morgan fingerprint density at radius 2 is 1.61 bits per heavy atom. The quantitative estimate of drug-likeness (QED) is 0.808. The van der Waals surface area contributed by atoms with Crippen LogP contribution in [0.15, 0.2) is 42.5 Å². The summed E-state index contributed by atoms with van der Waals surface area (Å²) in [7, 11) is 1.67. The molecule has 126 valence electrons. The third-order valence-corrected chi connectivity index (χ3v) is 3.46. The van der Waals surface area contributed by atoms with Crippen molar-refractivity contribution in [2.45, 2.75) is 40.0 Å². The highest BCUT2D eigenvalue weighted by Gasteiger charge is 2.06. The number of nitrogens with one attached hydrogen (secondary N) is 1. The second-order valence-electron chi connectivity index (χ2n) is 5.80. The standard InChI is InChI=1S/C19H25NO2.ClH/c1-14(2)20-12-17-9-10-18(19(11-17)21-4)22-13-16-7-5-15(3)6-8-16;/h5-11,14,20H,12-13H2,1-4H3;1H. The normalized spacial score (nSPS) is 10.3. The Morgan fingerprint density at radius 1 is 0.957 bits per heavy atom. The number of hydrogen-bond donors (Lipinski definition) is 1. The van der Waals surface area contributed by atoms with E-state index < -0.39 is 0 Å². The predicted octanol–water partition coefficient (Wildman–Crippen LogP) is 4.50. The highest BCUT2D eigenvalue weighted by atomic mass is 35.5. The lowest BCUT2D eigenvalue weighted by Crippen LogP contribution is -2.21. The van der Waals surface area contributed by atoms with Crippen LogP contribution in [0.3, 0.4) is 0 Å². The van der Waals surface area contributed by atoms with Crippen molar-refractivity contribution in [1.29, 1.82) is 0 Å². The van der Waals surface area contributed by atoms with Crippen molar-refractivity contribution in [2.24, 2.45) is 0 Å². The molecular formula is C19H26ClNO2. The average molecular weight is 336 g/mol. The van der Waals surface area contributed by atoms with E-state index in [0.29, 0.717) is 12.6 Å². The maximum Gasteiger partial charge on any atom is 0.161 e. The fraction of sp³-hybridized carbons (Fsp3) is 0.368. The Hall–Kier alpha value is -1.71. The van der Waals surface area contributed by atoms with Gasteiger partial charge in [-0.25, -0.2) is 0 Å². The molecule has 0 radical (unpaired) electrons. The Bertz CT molecular complexity index is 597. The van der Waals surface area contributed by atoms with Gasteiger partial charge in [0, 0.05) is 12.6 Å². The van der Waals surface area contributed by atoms with Crippen LogP contribution in [0.5, 0.6) is 11.5 Å². The van der Waals surface area contributed by atoms with Gasteiger partial charge in [0.25, 0.3) is 0 Å². The summed E-state index contributed by atoms with van der Waals surface area (Å²) in [5.74, 6) is 1.55.